The number of carbonyl (C=O) groups excluding carboxylic acids is 4. The van der Waals surface area contributed by atoms with E-state index in [4.69, 9.17) is 0 Å². The van der Waals surface area contributed by atoms with E-state index in [9.17, 15) is 39.6 Å². The molecule has 4 unspecified atom stereocenters. The number of Topliss-reactive ketones (excluding diaryl/α,β-unsaturated/α-hetero) is 2. The molecule has 12 nitrogen and oxygen atoms in total. The van der Waals surface area contributed by atoms with E-state index in [0.29, 0.717) is 11.3 Å². The van der Waals surface area contributed by atoms with E-state index in [-0.39, 0.29) is 48.7 Å². The van der Waals surface area contributed by atoms with Crippen LogP contribution in [-0.4, -0.2) is 95.2 Å². The van der Waals surface area contributed by atoms with Gasteiger partial charge >= 0.3 is 0 Å². The molecule has 0 aromatic heterocycles. The molecule has 210 valence electrons. The summed E-state index contributed by atoms with van der Waals surface area (Å²) in [5.41, 5.74) is -2.39. The molecule has 39 heavy (non-hydrogen) atoms. The number of nitrogens with one attached hydrogen (secondary N) is 2. The number of fused-ring (bicyclic) bond motifs is 3. The molecule has 0 saturated heterocycles. The standard InChI is InChI=1S/C27H34N4O8/c1-6-17(33)28-11-29-26(38)20-23(35)21(31(4)5)14-10-12-9-13-15(30(2)3)7-8-16(32)19(13)22(34)18(12)24(36)27(14,39)25(20)37/h7-8,12,14,21,32,35-36,39H,6,9-11H2,1-5H3,(H,28,33)(H,29,38). The van der Waals surface area contributed by atoms with Crippen molar-refractivity contribution in [2.75, 3.05) is 39.8 Å². The fraction of sp³-hybridized carbons (Fsp3) is 0.481. The summed E-state index contributed by atoms with van der Waals surface area (Å²) < 4.78 is 0. The number of ketones is 2. The number of hydrogen-bond acceptors (Lipinski definition) is 10. The number of amides is 2. The van der Waals surface area contributed by atoms with Crippen LogP contribution in [0.3, 0.4) is 0 Å². The summed E-state index contributed by atoms with van der Waals surface area (Å²) in [4.78, 5) is 55.3. The van der Waals surface area contributed by atoms with Gasteiger partial charge < -0.3 is 36.0 Å². The number of benzene rings is 1. The summed E-state index contributed by atoms with van der Waals surface area (Å²) in [6.07, 6.45) is 0.431. The van der Waals surface area contributed by atoms with Gasteiger partial charge in [0.05, 0.1) is 18.3 Å². The van der Waals surface area contributed by atoms with Crippen LogP contribution in [0.4, 0.5) is 5.69 Å². The number of aliphatic hydroxyl groups excluding tert-OH is 2. The van der Waals surface area contributed by atoms with Gasteiger partial charge in [0, 0.05) is 37.7 Å². The van der Waals surface area contributed by atoms with Crippen molar-refractivity contribution in [1.82, 2.24) is 15.5 Å². The van der Waals surface area contributed by atoms with Crippen molar-refractivity contribution < 1.29 is 39.6 Å². The van der Waals surface area contributed by atoms with Gasteiger partial charge in [0.15, 0.2) is 11.4 Å². The number of aliphatic hydroxyl groups is 3. The lowest BCUT2D eigenvalue weighted by Crippen LogP contribution is -2.64. The molecule has 6 N–H and O–H groups in total. The van der Waals surface area contributed by atoms with Crippen molar-refractivity contribution >= 4 is 29.1 Å². The molecule has 0 fully saturated rings. The molecule has 0 radical (unpaired) electrons. The second kappa shape index (κ2) is 10.0. The Balaban J connectivity index is 1.83. The summed E-state index contributed by atoms with van der Waals surface area (Å²) >= 11 is 0. The van der Waals surface area contributed by atoms with Crippen molar-refractivity contribution in [2.24, 2.45) is 11.8 Å². The Morgan fingerprint density at radius 1 is 1.08 bits per heavy atom. The van der Waals surface area contributed by atoms with Gasteiger partial charge in [-0.15, -0.1) is 0 Å². The van der Waals surface area contributed by atoms with Crippen LogP contribution in [0.1, 0.15) is 35.7 Å². The third-order valence-corrected chi connectivity index (χ3v) is 7.90. The lowest BCUT2D eigenvalue weighted by Gasteiger charge is -2.50. The highest BCUT2D eigenvalue weighted by Gasteiger charge is 2.63. The fourth-order valence-electron chi connectivity index (χ4n) is 6.07. The second-order valence-electron chi connectivity index (χ2n) is 10.6. The summed E-state index contributed by atoms with van der Waals surface area (Å²) in [5.74, 6) is -6.86. The average molecular weight is 543 g/mol. The molecular formula is C27H34N4O8. The zero-order valence-corrected chi connectivity index (χ0v) is 22.5. The minimum absolute atomic E-state index is 0.0171. The minimum atomic E-state index is -2.69. The predicted octanol–water partition coefficient (Wildman–Crippen LogP) is 0.301. The molecule has 4 atom stereocenters. The first-order valence-electron chi connectivity index (χ1n) is 12.7. The Morgan fingerprint density at radius 2 is 1.74 bits per heavy atom. The number of hydrogen-bond donors (Lipinski definition) is 6. The Hall–Kier alpha value is -3.90. The number of allylic oxidation sites excluding steroid dienone is 1. The number of anilines is 1. The summed E-state index contributed by atoms with van der Waals surface area (Å²) in [5, 5.41) is 49.7. The van der Waals surface area contributed by atoms with Gasteiger partial charge in [-0.3, -0.25) is 24.1 Å². The monoisotopic (exact) mass is 542 g/mol. The molecule has 4 rings (SSSR count). The molecule has 1 aromatic carbocycles. The first-order valence-corrected chi connectivity index (χ1v) is 12.7. The Labute approximate surface area is 225 Å². The van der Waals surface area contributed by atoms with Crippen molar-refractivity contribution in [2.45, 2.75) is 37.8 Å². The third kappa shape index (κ3) is 4.23. The van der Waals surface area contributed by atoms with Crippen molar-refractivity contribution in [3.8, 4) is 5.75 Å². The van der Waals surface area contributed by atoms with Gasteiger partial charge in [-0.2, -0.15) is 0 Å². The largest absolute Gasteiger partial charge is 0.510 e. The van der Waals surface area contributed by atoms with Gasteiger partial charge in [0.25, 0.3) is 5.91 Å². The van der Waals surface area contributed by atoms with Crippen LogP contribution in [0.15, 0.2) is 34.8 Å². The van der Waals surface area contributed by atoms with Gasteiger partial charge in [0.2, 0.25) is 11.7 Å². The number of rotatable bonds is 6. The molecule has 0 spiro atoms. The van der Waals surface area contributed by atoms with Crippen molar-refractivity contribution in [3.63, 3.8) is 0 Å². The SMILES string of the molecule is CCC(=O)NCNC(=O)C1=C(O)C(N(C)C)C2CC3Cc4c(N(C)C)ccc(O)c4C(=O)C3=C(O)C2(O)C1=O. The highest BCUT2D eigenvalue weighted by molar-refractivity contribution is 6.25. The number of nitrogens with zero attached hydrogens (tertiary/aromatic N) is 2. The topological polar surface area (TPSA) is 180 Å². The van der Waals surface area contributed by atoms with Crippen LogP contribution >= 0.6 is 0 Å². The predicted molar refractivity (Wildman–Crippen MR) is 140 cm³/mol. The zero-order valence-electron chi connectivity index (χ0n) is 22.5. The third-order valence-electron chi connectivity index (χ3n) is 7.90. The molecule has 0 bridgehead atoms. The van der Waals surface area contributed by atoms with Crippen LogP contribution in [0.5, 0.6) is 5.75 Å². The van der Waals surface area contributed by atoms with Crippen LogP contribution in [0.25, 0.3) is 0 Å². The van der Waals surface area contributed by atoms with E-state index in [1.54, 1.807) is 46.1 Å². The Kier molecular flexibility index (Phi) is 7.21. The maximum atomic E-state index is 13.7. The molecule has 0 aliphatic heterocycles. The highest BCUT2D eigenvalue weighted by Crippen LogP contribution is 2.53. The van der Waals surface area contributed by atoms with Gasteiger partial charge in [-0.25, -0.2) is 0 Å². The van der Waals surface area contributed by atoms with E-state index in [0.717, 1.165) is 0 Å². The van der Waals surface area contributed by atoms with E-state index in [1.807, 2.05) is 0 Å². The molecule has 2 amide bonds. The highest BCUT2D eigenvalue weighted by atomic mass is 16.3. The average Bonchev–Trinajstić information content (AvgIpc) is 2.85. The molecule has 3 aliphatic carbocycles. The lowest BCUT2D eigenvalue weighted by molar-refractivity contribution is -0.148. The van der Waals surface area contributed by atoms with Gasteiger partial charge in [0.1, 0.15) is 22.8 Å². The molecule has 0 saturated carbocycles. The number of phenolic OH excluding ortho intramolecular Hbond substituents is 1. The first kappa shape index (κ1) is 28.1. The Morgan fingerprint density at radius 3 is 2.33 bits per heavy atom. The molecule has 0 heterocycles. The van der Waals surface area contributed by atoms with Crippen LogP contribution in [0, 0.1) is 11.8 Å². The summed E-state index contributed by atoms with van der Waals surface area (Å²) in [6, 6.07) is 2.00. The number of carbonyl (C=O) groups is 4. The van der Waals surface area contributed by atoms with Crippen molar-refractivity contribution in [1.29, 1.82) is 0 Å². The molecule has 1 aromatic rings. The zero-order chi connectivity index (χ0) is 29.0. The van der Waals surface area contributed by atoms with Crippen LogP contribution in [-0.2, 0) is 20.8 Å². The fourth-order valence-corrected chi connectivity index (χ4v) is 6.07. The summed E-state index contributed by atoms with van der Waals surface area (Å²) in [6.45, 7) is 1.29. The Bertz CT molecular complexity index is 1330. The minimum Gasteiger partial charge on any atom is -0.510 e. The molecule has 3 aliphatic rings. The lowest BCUT2D eigenvalue weighted by atomic mass is 9.58. The number of phenols is 1. The smallest absolute Gasteiger partial charge is 0.259 e. The normalized spacial score (nSPS) is 26.2. The van der Waals surface area contributed by atoms with E-state index >= 15 is 0 Å². The van der Waals surface area contributed by atoms with Crippen LogP contribution < -0.4 is 15.5 Å². The quantitative estimate of drug-likeness (QED) is 0.216. The number of aromatic hydroxyl groups is 1. The van der Waals surface area contributed by atoms with Crippen molar-refractivity contribution in [3.05, 3.63) is 45.9 Å². The number of likely N-dealkylation sites (N-methyl/N-ethyl adjacent to an activating group) is 1. The van der Waals surface area contributed by atoms with Gasteiger partial charge in [-0.05, 0) is 50.6 Å². The molecular weight excluding hydrogens is 508 g/mol. The maximum absolute atomic E-state index is 13.7. The van der Waals surface area contributed by atoms with E-state index < -0.39 is 58.0 Å². The van der Waals surface area contributed by atoms with Crippen LogP contribution in [0.2, 0.25) is 0 Å². The summed E-state index contributed by atoms with van der Waals surface area (Å²) in [7, 11) is 6.77. The second-order valence-corrected chi connectivity index (χ2v) is 10.6. The molecule has 12 heteroatoms. The first-order chi connectivity index (χ1) is 18.3. The van der Waals surface area contributed by atoms with E-state index in [1.165, 1.54) is 11.0 Å². The van der Waals surface area contributed by atoms with E-state index in [2.05, 4.69) is 10.6 Å². The maximum Gasteiger partial charge on any atom is 0.259 e. The van der Waals surface area contributed by atoms with Gasteiger partial charge in [-0.1, -0.05) is 6.92 Å².